The molecular formula is C16H17FN4. The average molecular weight is 284 g/mol. The van der Waals surface area contributed by atoms with Gasteiger partial charge < -0.3 is 0 Å². The number of benzene rings is 1. The summed E-state index contributed by atoms with van der Waals surface area (Å²) >= 11 is 0. The van der Waals surface area contributed by atoms with Crippen molar-refractivity contribution in [3.63, 3.8) is 0 Å². The highest BCUT2D eigenvalue weighted by atomic mass is 19.1. The van der Waals surface area contributed by atoms with Crippen LogP contribution in [0.2, 0.25) is 0 Å². The van der Waals surface area contributed by atoms with Crippen molar-refractivity contribution in [3.05, 3.63) is 35.5 Å². The van der Waals surface area contributed by atoms with Gasteiger partial charge in [0.05, 0.1) is 11.2 Å². The normalized spacial score (nSPS) is 16.9. The second-order valence-corrected chi connectivity index (χ2v) is 5.88. The Bertz CT molecular complexity index is 818. The Balaban J connectivity index is 2.03. The quantitative estimate of drug-likeness (QED) is 0.683. The maximum Gasteiger partial charge on any atom is 0.182 e. The predicted molar refractivity (Wildman–Crippen MR) is 78.8 cm³/mol. The van der Waals surface area contributed by atoms with Gasteiger partial charge in [-0.25, -0.2) is 9.37 Å². The summed E-state index contributed by atoms with van der Waals surface area (Å²) in [6.07, 6.45) is 6.08. The van der Waals surface area contributed by atoms with Crippen LogP contribution in [0.1, 0.15) is 49.5 Å². The summed E-state index contributed by atoms with van der Waals surface area (Å²) in [7, 11) is 0. The van der Waals surface area contributed by atoms with Crippen molar-refractivity contribution in [2.45, 2.75) is 44.9 Å². The maximum absolute atomic E-state index is 13.7. The minimum Gasteiger partial charge on any atom is -0.277 e. The number of imidazole rings is 1. The van der Waals surface area contributed by atoms with Gasteiger partial charge in [-0.05, 0) is 31.9 Å². The molecule has 1 fully saturated rings. The molecule has 0 aliphatic heterocycles. The van der Waals surface area contributed by atoms with Crippen LogP contribution in [0.25, 0.3) is 16.7 Å². The molecule has 1 aromatic carbocycles. The third-order valence-corrected chi connectivity index (χ3v) is 4.45. The second-order valence-electron chi connectivity index (χ2n) is 5.88. The molecule has 4 rings (SSSR count). The predicted octanol–water partition coefficient (Wildman–Crippen LogP) is 3.77. The molecule has 0 N–H and O–H groups in total. The Morgan fingerprint density at radius 1 is 1.14 bits per heavy atom. The summed E-state index contributed by atoms with van der Waals surface area (Å²) in [5.41, 5.74) is 3.09. The molecule has 0 atom stereocenters. The van der Waals surface area contributed by atoms with Crippen LogP contribution >= 0.6 is 0 Å². The zero-order valence-electron chi connectivity index (χ0n) is 12.0. The van der Waals surface area contributed by atoms with Crippen LogP contribution in [0.3, 0.4) is 0 Å². The molecule has 4 nitrogen and oxygen atoms in total. The summed E-state index contributed by atoms with van der Waals surface area (Å²) < 4.78 is 15.7. The molecule has 1 aliphatic carbocycles. The van der Waals surface area contributed by atoms with Crippen LogP contribution in [0.15, 0.2) is 18.2 Å². The summed E-state index contributed by atoms with van der Waals surface area (Å²) in [6, 6.07) is 4.63. The van der Waals surface area contributed by atoms with E-state index in [2.05, 4.69) is 10.2 Å². The highest BCUT2D eigenvalue weighted by molar-refractivity contribution is 5.77. The van der Waals surface area contributed by atoms with Crippen molar-refractivity contribution in [1.29, 1.82) is 0 Å². The zero-order valence-corrected chi connectivity index (χ0v) is 12.0. The topological polar surface area (TPSA) is 43.1 Å². The first-order valence-electron chi connectivity index (χ1n) is 7.55. The Kier molecular flexibility index (Phi) is 2.87. The Labute approximate surface area is 122 Å². The van der Waals surface area contributed by atoms with Crippen LogP contribution in [-0.2, 0) is 0 Å². The number of aryl methyl sites for hydroxylation is 1. The average Bonchev–Trinajstić information content (AvgIpc) is 2.86. The molecule has 5 heteroatoms. The number of nitrogens with zero attached hydrogens (tertiary/aromatic N) is 4. The van der Waals surface area contributed by atoms with E-state index < -0.39 is 0 Å². The Hall–Kier alpha value is -2.04. The molecule has 2 heterocycles. The third kappa shape index (κ3) is 1.99. The van der Waals surface area contributed by atoms with Gasteiger partial charge >= 0.3 is 0 Å². The molecule has 1 aliphatic rings. The molecule has 0 saturated heterocycles. The van der Waals surface area contributed by atoms with Gasteiger partial charge in [0.25, 0.3) is 0 Å². The fraction of sp³-hybridized carbons (Fsp3) is 0.438. The van der Waals surface area contributed by atoms with Gasteiger partial charge in [0.15, 0.2) is 5.65 Å². The van der Waals surface area contributed by atoms with Crippen molar-refractivity contribution < 1.29 is 4.39 Å². The van der Waals surface area contributed by atoms with Gasteiger partial charge in [-0.3, -0.25) is 4.40 Å². The molecule has 0 bridgehead atoms. The van der Waals surface area contributed by atoms with E-state index >= 15 is 0 Å². The van der Waals surface area contributed by atoms with Crippen molar-refractivity contribution in [1.82, 2.24) is 19.6 Å². The van der Waals surface area contributed by atoms with Crippen LogP contribution < -0.4 is 0 Å². The standard InChI is InChI=1S/C16H17FN4/c1-10-15-20-19-13-8-7-12(17)9-14(13)21(15)16(18-10)11-5-3-2-4-6-11/h7-9,11H,2-6H2,1H3. The number of aromatic nitrogens is 4. The number of hydrogen-bond acceptors (Lipinski definition) is 3. The van der Waals surface area contributed by atoms with Gasteiger partial charge in [0, 0.05) is 12.0 Å². The first-order chi connectivity index (χ1) is 10.2. The Morgan fingerprint density at radius 3 is 2.76 bits per heavy atom. The molecule has 0 spiro atoms. The highest BCUT2D eigenvalue weighted by Crippen LogP contribution is 2.33. The second kappa shape index (κ2) is 4.76. The van der Waals surface area contributed by atoms with Crippen molar-refractivity contribution >= 4 is 16.7 Å². The molecule has 21 heavy (non-hydrogen) atoms. The van der Waals surface area contributed by atoms with E-state index in [9.17, 15) is 4.39 Å². The van der Waals surface area contributed by atoms with Crippen molar-refractivity contribution in [2.75, 3.05) is 0 Å². The first-order valence-corrected chi connectivity index (χ1v) is 7.55. The Morgan fingerprint density at radius 2 is 1.95 bits per heavy atom. The van der Waals surface area contributed by atoms with Gasteiger partial charge in [-0.2, -0.15) is 0 Å². The lowest BCUT2D eigenvalue weighted by atomic mass is 9.89. The van der Waals surface area contributed by atoms with Crippen molar-refractivity contribution in [3.8, 4) is 0 Å². The monoisotopic (exact) mass is 284 g/mol. The number of rotatable bonds is 1. The van der Waals surface area contributed by atoms with Gasteiger partial charge in [-0.15, -0.1) is 10.2 Å². The summed E-state index contributed by atoms with van der Waals surface area (Å²) in [5, 5.41) is 8.47. The molecule has 3 aromatic rings. The van der Waals surface area contributed by atoms with Crippen LogP contribution in [0.4, 0.5) is 4.39 Å². The van der Waals surface area contributed by atoms with Crippen LogP contribution in [0, 0.1) is 12.7 Å². The summed E-state index contributed by atoms with van der Waals surface area (Å²) in [4.78, 5) is 4.73. The third-order valence-electron chi connectivity index (χ3n) is 4.45. The van der Waals surface area contributed by atoms with E-state index in [4.69, 9.17) is 4.98 Å². The van der Waals surface area contributed by atoms with E-state index in [0.29, 0.717) is 11.4 Å². The van der Waals surface area contributed by atoms with E-state index in [1.165, 1.54) is 31.4 Å². The lowest BCUT2D eigenvalue weighted by molar-refractivity contribution is 0.428. The molecular weight excluding hydrogens is 267 g/mol. The van der Waals surface area contributed by atoms with Gasteiger partial charge in [0.1, 0.15) is 17.2 Å². The van der Waals surface area contributed by atoms with Crippen LogP contribution in [-0.4, -0.2) is 19.6 Å². The lowest BCUT2D eigenvalue weighted by Gasteiger charge is -2.20. The molecule has 0 unspecified atom stereocenters. The van der Waals surface area contributed by atoms with E-state index in [-0.39, 0.29) is 5.82 Å². The summed E-state index contributed by atoms with van der Waals surface area (Å²) in [5.74, 6) is 1.21. The van der Waals surface area contributed by atoms with E-state index in [1.807, 2.05) is 11.3 Å². The minimum absolute atomic E-state index is 0.252. The molecule has 0 radical (unpaired) electrons. The van der Waals surface area contributed by atoms with E-state index in [0.717, 1.165) is 35.5 Å². The zero-order chi connectivity index (χ0) is 14.4. The van der Waals surface area contributed by atoms with Crippen LogP contribution in [0.5, 0.6) is 0 Å². The number of halogens is 1. The SMILES string of the molecule is Cc1nc(C2CCCCC2)n2c1nnc1ccc(F)cc12. The largest absolute Gasteiger partial charge is 0.277 e. The smallest absolute Gasteiger partial charge is 0.182 e. The number of fused-ring (bicyclic) bond motifs is 3. The van der Waals surface area contributed by atoms with Crippen molar-refractivity contribution in [2.24, 2.45) is 0 Å². The summed E-state index contributed by atoms with van der Waals surface area (Å²) in [6.45, 7) is 1.95. The fourth-order valence-corrected chi connectivity index (χ4v) is 3.39. The first kappa shape index (κ1) is 12.7. The molecule has 0 amide bonds. The highest BCUT2D eigenvalue weighted by Gasteiger charge is 2.23. The van der Waals surface area contributed by atoms with Gasteiger partial charge in [0.2, 0.25) is 0 Å². The van der Waals surface area contributed by atoms with Gasteiger partial charge in [-0.1, -0.05) is 19.3 Å². The molecule has 2 aromatic heterocycles. The molecule has 108 valence electrons. The van der Waals surface area contributed by atoms with E-state index in [1.54, 1.807) is 6.07 Å². The minimum atomic E-state index is -0.252. The lowest BCUT2D eigenvalue weighted by Crippen LogP contribution is -2.09. The molecule has 1 saturated carbocycles. The number of hydrogen-bond donors (Lipinski definition) is 0. The fourth-order valence-electron chi connectivity index (χ4n) is 3.39. The maximum atomic E-state index is 13.7.